The third-order valence-corrected chi connectivity index (χ3v) is 12.8. The number of hydrogen-bond acceptors (Lipinski definition) is 10. The van der Waals surface area contributed by atoms with Gasteiger partial charge >= 0.3 is 0 Å². The van der Waals surface area contributed by atoms with E-state index in [-0.39, 0.29) is 24.1 Å². The maximum atomic E-state index is 13.4. The summed E-state index contributed by atoms with van der Waals surface area (Å²) in [5, 5.41) is 16.9. The van der Waals surface area contributed by atoms with Crippen molar-refractivity contribution >= 4 is 40.9 Å². The maximum Gasteiger partial charge on any atom is 0.251 e. The maximum absolute atomic E-state index is 13.4. The molecule has 0 spiro atoms. The summed E-state index contributed by atoms with van der Waals surface area (Å²) in [6, 6.07) is 13.9. The minimum Gasteiger partial charge on any atom is -0.354 e. The molecule has 14 nitrogen and oxygen atoms in total. The van der Waals surface area contributed by atoms with Crippen molar-refractivity contribution in [2.75, 3.05) is 52.4 Å². The van der Waals surface area contributed by atoms with E-state index < -0.39 is 6.04 Å². The average Bonchev–Trinajstić information content (AvgIpc) is 3.98. The number of aryl methyl sites for hydroxylation is 3. The van der Waals surface area contributed by atoms with Crippen LogP contribution in [0.15, 0.2) is 76.0 Å². The number of aromatic nitrogens is 5. The van der Waals surface area contributed by atoms with Gasteiger partial charge in [0.05, 0.1) is 24.1 Å². The molecule has 3 amide bonds. The van der Waals surface area contributed by atoms with Gasteiger partial charge in [0.25, 0.3) is 5.91 Å². The summed E-state index contributed by atoms with van der Waals surface area (Å²) in [6.45, 7) is 9.30. The van der Waals surface area contributed by atoms with Gasteiger partial charge < -0.3 is 9.80 Å². The number of dihydropyridines is 1. The van der Waals surface area contributed by atoms with Crippen LogP contribution in [0.25, 0.3) is 16.8 Å². The molecule has 5 aliphatic heterocycles. The van der Waals surface area contributed by atoms with Gasteiger partial charge in [-0.25, -0.2) is 0 Å². The van der Waals surface area contributed by atoms with Gasteiger partial charge in [-0.1, -0.05) is 42.6 Å². The zero-order valence-corrected chi connectivity index (χ0v) is 35.0. The SMILES string of the molecule is Cc1nnc2n1-c1ccc(-c3cnn(CCCCCCN4CCN(C5=NCCC6=C5CN(C5CCC(=O)NC5=O)C6=O)CC4)c3)cc1C(c1ccc(Cl)cc1)=NCCCC2. The lowest BCUT2D eigenvalue weighted by Crippen LogP contribution is -2.53. The summed E-state index contributed by atoms with van der Waals surface area (Å²) in [5.41, 5.74) is 7.94. The highest BCUT2D eigenvalue weighted by molar-refractivity contribution is 6.30. The van der Waals surface area contributed by atoms with E-state index in [1.165, 1.54) is 0 Å². The van der Waals surface area contributed by atoms with Gasteiger partial charge in [0.1, 0.15) is 23.5 Å². The number of halogens is 1. The third-order valence-electron chi connectivity index (χ3n) is 12.5. The predicted octanol–water partition coefficient (Wildman–Crippen LogP) is 5.19. The lowest BCUT2D eigenvalue weighted by Gasteiger charge is -2.38. The second-order valence-electron chi connectivity index (χ2n) is 16.5. The van der Waals surface area contributed by atoms with E-state index in [0.717, 1.165) is 153 Å². The molecule has 9 rings (SSSR count). The number of piperazine rings is 1. The van der Waals surface area contributed by atoms with Gasteiger partial charge in [-0.15, -0.1) is 10.2 Å². The first-order valence-electron chi connectivity index (χ1n) is 21.6. The number of amidine groups is 1. The van der Waals surface area contributed by atoms with E-state index in [1.54, 1.807) is 4.90 Å². The first kappa shape index (κ1) is 40.0. The minimum absolute atomic E-state index is 0.0770. The van der Waals surface area contributed by atoms with Crippen molar-refractivity contribution in [3.8, 4) is 16.8 Å². The van der Waals surface area contributed by atoms with Crippen LogP contribution in [-0.4, -0.2) is 127 Å². The van der Waals surface area contributed by atoms with Gasteiger partial charge in [0.15, 0.2) is 0 Å². The lowest BCUT2D eigenvalue weighted by molar-refractivity contribution is -0.142. The van der Waals surface area contributed by atoms with Crippen molar-refractivity contribution in [3.63, 3.8) is 0 Å². The van der Waals surface area contributed by atoms with Crippen molar-refractivity contribution in [3.05, 3.63) is 93.8 Å². The first-order valence-corrected chi connectivity index (χ1v) is 22.0. The smallest absolute Gasteiger partial charge is 0.251 e. The zero-order chi connectivity index (χ0) is 41.2. The van der Waals surface area contributed by atoms with Crippen LogP contribution >= 0.6 is 11.6 Å². The van der Waals surface area contributed by atoms with E-state index in [4.69, 9.17) is 26.7 Å². The summed E-state index contributed by atoms with van der Waals surface area (Å²) < 4.78 is 4.24. The second-order valence-corrected chi connectivity index (χ2v) is 16.9. The molecule has 0 bridgehead atoms. The molecule has 0 aliphatic carbocycles. The van der Waals surface area contributed by atoms with E-state index >= 15 is 0 Å². The normalized spacial score (nSPS) is 20.1. The number of carbonyl (C=O) groups excluding carboxylic acids is 3. The van der Waals surface area contributed by atoms with E-state index in [0.29, 0.717) is 31.0 Å². The van der Waals surface area contributed by atoms with Crippen LogP contribution in [0, 0.1) is 6.92 Å². The molecule has 7 heterocycles. The Bertz CT molecular complexity index is 2370. The molecule has 60 heavy (non-hydrogen) atoms. The Morgan fingerprint density at radius 1 is 0.800 bits per heavy atom. The minimum atomic E-state index is -0.596. The van der Waals surface area contributed by atoms with Crippen LogP contribution in [0.2, 0.25) is 5.02 Å². The predicted molar refractivity (Wildman–Crippen MR) is 231 cm³/mol. The van der Waals surface area contributed by atoms with Crippen LogP contribution in [0.5, 0.6) is 0 Å². The van der Waals surface area contributed by atoms with E-state index in [9.17, 15) is 14.4 Å². The number of benzene rings is 2. The van der Waals surface area contributed by atoms with Gasteiger partial charge in [-0.2, -0.15) is 5.10 Å². The van der Waals surface area contributed by atoms with Crippen LogP contribution < -0.4 is 5.32 Å². The first-order chi connectivity index (χ1) is 29.3. The summed E-state index contributed by atoms with van der Waals surface area (Å²) in [5.74, 6) is 2.03. The molecule has 1 atom stereocenters. The summed E-state index contributed by atoms with van der Waals surface area (Å²) >= 11 is 6.30. The summed E-state index contributed by atoms with van der Waals surface area (Å²) in [6.07, 6.45) is 12.7. The number of rotatable bonds is 10. The molecule has 0 saturated carbocycles. The Kier molecular flexibility index (Phi) is 11.7. The van der Waals surface area contributed by atoms with Crippen LogP contribution in [0.4, 0.5) is 0 Å². The molecule has 1 N–H and O–H groups in total. The largest absolute Gasteiger partial charge is 0.354 e. The number of unbranched alkanes of at least 4 members (excludes halogenated alkanes) is 3. The summed E-state index contributed by atoms with van der Waals surface area (Å²) in [7, 11) is 0. The number of fused-ring (bicyclic) bond motifs is 3. The number of aliphatic imine (C=N–C) groups is 2. The Morgan fingerprint density at radius 3 is 2.42 bits per heavy atom. The highest BCUT2D eigenvalue weighted by atomic mass is 35.5. The van der Waals surface area contributed by atoms with Gasteiger partial charge in [-0.3, -0.25) is 43.8 Å². The van der Waals surface area contributed by atoms with E-state index in [2.05, 4.69) is 59.0 Å². The Hall–Kier alpha value is -5.47. The fourth-order valence-corrected chi connectivity index (χ4v) is 9.41. The monoisotopic (exact) mass is 829 g/mol. The lowest BCUT2D eigenvalue weighted by atomic mass is 9.96. The molecule has 312 valence electrons. The number of carbonyl (C=O) groups is 3. The molecule has 1 unspecified atom stereocenters. The topological polar surface area (TPSA) is 146 Å². The third kappa shape index (κ3) is 8.31. The molecule has 15 heteroatoms. The Balaban J connectivity index is 0.767. The molecule has 2 aromatic carbocycles. The van der Waals surface area contributed by atoms with Crippen molar-refractivity contribution < 1.29 is 14.4 Å². The number of piperidine rings is 1. The van der Waals surface area contributed by atoms with Crippen LogP contribution in [-0.2, 0) is 27.3 Å². The Morgan fingerprint density at radius 2 is 1.60 bits per heavy atom. The van der Waals surface area contributed by atoms with Crippen LogP contribution in [0.1, 0.15) is 80.6 Å². The molecular formula is C45H52ClN11O3. The highest BCUT2D eigenvalue weighted by Crippen LogP contribution is 2.32. The fourth-order valence-electron chi connectivity index (χ4n) is 9.28. The van der Waals surface area contributed by atoms with Crippen molar-refractivity contribution in [2.24, 2.45) is 9.98 Å². The van der Waals surface area contributed by atoms with E-state index in [1.807, 2.05) is 37.4 Å². The molecule has 0 radical (unpaired) electrons. The number of nitrogens with one attached hydrogen (secondary N) is 1. The Labute approximate surface area is 355 Å². The fraction of sp³-hybridized carbons (Fsp3) is 0.467. The molecule has 2 aromatic heterocycles. The number of amides is 3. The molecular weight excluding hydrogens is 778 g/mol. The van der Waals surface area contributed by atoms with Gasteiger partial charge in [0, 0.05) is 97.7 Å². The molecule has 2 saturated heterocycles. The molecule has 2 fully saturated rings. The standard InChI is InChI=1S/C45H52ClN11O3/c1-30-51-52-40-8-4-5-18-47-42(31-9-12-34(46)13-10-31)36-26-32(11-14-38(36)57(30)40)33-27-49-55(28-33)21-7-3-2-6-20-53-22-24-54(25-23-53)43-37-29-56(45(60)35(37)17-19-48-43)39-15-16-41(58)50-44(39)59/h9-14,26-28,39H,2-8,15-25,29H2,1H3,(H,50,58,59). The average molecular weight is 830 g/mol. The van der Waals surface area contributed by atoms with Gasteiger partial charge in [-0.05, 0) is 81.8 Å². The van der Waals surface area contributed by atoms with Crippen LogP contribution in [0.3, 0.4) is 0 Å². The van der Waals surface area contributed by atoms with Gasteiger partial charge in [0.2, 0.25) is 11.8 Å². The number of nitrogens with zero attached hydrogens (tertiary/aromatic N) is 10. The number of hydrogen-bond donors (Lipinski definition) is 1. The number of imide groups is 1. The molecule has 4 aromatic rings. The summed E-state index contributed by atoms with van der Waals surface area (Å²) in [4.78, 5) is 54.2. The van der Waals surface area contributed by atoms with Crippen molar-refractivity contribution in [2.45, 2.75) is 83.7 Å². The zero-order valence-electron chi connectivity index (χ0n) is 34.3. The molecule has 5 aliphatic rings. The highest BCUT2D eigenvalue weighted by Gasteiger charge is 2.43. The quantitative estimate of drug-likeness (QED) is 0.170. The van der Waals surface area contributed by atoms with Crippen molar-refractivity contribution in [1.82, 2.24) is 44.6 Å². The van der Waals surface area contributed by atoms with Crippen molar-refractivity contribution in [1.29, 1.82) is 0 Å². The second kappa shape index (κ2) is 17.6.